The molecule has 0 fully saturated rings. The fourth-order valence-electron chi connectivity index (χ4n) is 3.50. The summed E-state index contributed by atoms with van der Waals surface area (Å²) in [5, 5.41) is 2.97. The van der Waals surface area contributed by atoms with Crippen LogP contribution in [-0.2, 0) is 6.42 Å². The summed E-state index contributed by atoms with van der Waals surface area (Å²) in [4.78, 5) is 31.3. The van der Waals surface area contributed by atoms with E-state index in [4.69, 9.17) is 0 Å². The van der Waals surface area contributed by atoms with Crippen LogP contribution in [0.1, 0.15) is 37.4 Å². The summed E-state index contributed by atoms with van der Waals surface area (Å²) in [6.07, 6.45) is 4.04. The summed E-state index contributed by atoms with van der Waals surface area (Å²) >= 11 is 0. The number of nitrogens with zero attached hydrogens (tertiary/aromatic N) is 2. The molecule has 0 radical (unpaired) electrons. The van der Waals surface area contributed by atoms with E-state index < -0.39 is 0 Å². The third-order valence-corrected chi connectivity index (χ3v) is 5.05. The Labute approximate surface area is 164 Å². The lowest BCUT2D eigenvalue weighted by Crippen LogP contribution is -2.28. The van der Waals surface area contributed by atoms with E-state index in [9.17, 15) is 9.59 Å². The number of rotatable bonds is 3. The number of aromatic nitrogens is 1. The molecule has 4 rings (SSSR count). The fourth-order valence-corrected chi connectivity index (χ4v) is 3.50. The van der Waals surface area contributed by atoms with Crippen molar-refractivity contribution in [3.05, 3.63) is 88.7 Å². The van der Waals surface area contributed by atoms with Crippen molar-refractivity contribution in [2.75, 3.05) is 16.8 Å². The predicted octanol–water partition coefficient (Wildman–Crippen LogP) is 4.15. The van der Waals surface area contributed by atoms with E-state index in [1.807, 2.05) is 50.2 Å². The Morgan fingerprint density at radius 3 is 2.57 bits per heavy atom. The molecule has 2 heterocycles. The van der Waals surface area contributed by atoms with Crippen molar-refractivity contribution in [1.82, 2.24) is 4.98 Å². The average Bonchev–Trinajstić information content (AvgIpc) is 3.13. The van der Waals surface area contributed by atoms with Crippen LogP contribution < -0.4 is 10.2 Å². The van der Waals surface area contributed by atoms with Gasteiger partial charge in [-0.2, -0.15) is 0 Å². The van der Waals surface area contributed by atoms with Crippen molar-refractivity contribution in [3.8, 4) is 0 Å². The van der Waals surface area contributed by atoms with Gasteiger partial charge in [-0.25, -0.2) is 0 Å². The summed E-state index contributed by atoms with van der Waals surface area (Å²) in [5.41, 5.74) is 5.86. The second-order valence-corrected chi connectivity index (χ2v) is 7.06. The standard InChI is InChI=1S/C23H21N3O2/c1-15-3-4-16(2)20(13-15)22(27)25-19-6-5-17-9-12-26(21(17)14-19)23(28)18-7-10-24-11-8-18/h3-8,10-11,13-14H,9,12H2,1-2H3,(H,25,27). The molecule has 1 aliphatic heterocycles. The smallest absolute Gasteiger partial charge is 0.258 e. The van der Waals surface area contributed by atoms with Crippen LogP contribution in [-0.4, -0.2) is 23.3 Å². The molecule has 0 bridgehead atoms. The molecule has 140 valence electrons. The van der Waals surface area contributed by atoms with Crippen molar-refractivity contribution >= 4 is 23.2 Å². The molecule has 1 aliphatic rings. The van der Waals surface area contributed by atoms with Crippen LogP contribution in [0, 0.1) is 13.8 Å². The number of fused-ring (bicyclic) bond motifs is 1. The summed E-state index contributed by atoms with van der Waals surface area (Å²) in [7, 11) is 0. The molecule has 28 heavy (non-hydrogen) atoms. The van der Waals surface area contributed by atoms with Crippen LogP contribution in [0.5, 0.6) is 0 Å². The third-order valence-electron chi connectivity index (χ3n) is 5.05. The maximum absolute atomic E-state index is 12.9. The van der Waals surface area contributed by atoms with Gasteiger partial charge in [0.1, 0.15) is 0 Å². The van der Waals surface area contributed by atoms with E-state index in [1.54, 1.807) is 29.4 Å². The number of aryl methyl sites for hydroxylation is 2. The topological polar surface area (TPSA) is 62.3 Å². The van der Waals surface area contributed by atoms with Crippen LogP contribution in [0.15, 0.2) is 60.9 Å². The largest absolute Gasteiger partial charge is 0.322 e. The Hall–Kier alpha value is -3.47. The second kappa shape index (κ2) is 7.27. The van der Waals surface area contributed by atoms with Crippen molar-refractivity contribution in [2.24, 2.45) is 0 Å². The van der Waals surface area contributed by atoms with Crippen LogP contribution >= 0.6 is 0 Å². The molecular weight excluding hydrogens is 350 g/mol. The molecule has 2 amide bonds. The first kappa shape index (κ1) is 17.9. The number of carbonyl (C=O) groups excluding carboxylic acids is 2. The highest BCUT2D eigenvalue weighted by Gasteiger charge is 2.26. The first-order valence-corrected chi connectivity index (χ1v) is 9.26. The maximum Gasteiger partial charge on any atom is 0.258 e. The van der Waals surface area contributed by atoms with Crippen LogP contribution in [0.25, 0.3) is 0 Å². The minimum Gasteiger partial charge on any atom is -0.322 e. The molecule has 5 heteroatoms. The Balaban J connectivity index is 1.59. The lowest BCUT2D eigenvalue weighted by molar-refractivity contribution is 0.0988. The number of nitrogens with one attached hydrogen (secondary N) is 1. The molecule has 0 atom stereocenters. The van der Waals surface area contributed by atoms with E-state index in [-0.39, 0.29) is 11.8 Å². The number of carbonyl (C=O) groups is 2. The van der Waals surface area contributed by atoms with Gasteiger partial charge >= 0.3 is 0 Å². The van der Waals surface area contributed by atoms with Gasteiger partial charge in [0.25, 0.3) is 11.8 Å². The molecule has 0 spiro atoms. The zero-order valence-electron chi connectivity index (χ0n) is 15.9. The number of benzene rings is 2. The Kier molecular flexibility index (Phi) is 4.65. The monoisotopic (exact) mass is 371 g/mol. The molecule has 0 saturated heterocycles. The van der Waals surface area contributed by atoms with Gasteiger partial charge in [0.2, 0.25) is 0 Å². The molecular formula is C23H21N3O2. The van der Waals surface area contributed by atoms with Crippen LogP contribution in [0.4, 0.5) is 11.4 Å². The van der Waals surface area contributed by atoms with E-state index >= 15 is 0 Å². The number of pyridine rings is 1. The summed E-state index contributed by atoms with van der Waals surface area (Å²) in [6, 6.07) is 15.0. The summed E-state index contributed by atoms with van der Waals surface area (Å²) in [6.45, 7) is 4.52. The average molecular weight is 371 g/mol. The predicted molar refractivity (Wildman–Crippen MR) is 110 cm³/mol. The van der Waals surface area contributed by atoms with E-state index in [0.29, 0.717) is 23.4 Å². The normalized spacial score (nSPS) is 12.6. The SMILES string of the molecule is Cc1ccc(C)c(C(=O)Nc2ccc3c(c2)N(C(=O)c2ccncc2)CC3)c1. The maximum atomic E-state index is 12.9. The molecule has 1 aromatic heterocycles. The molecule has 0 aliphatic carbocycles. The Morgan fingerprint density at radius 2 is 1.79 bits per heavy atom. The van der Waals surface area contributed by atoms with Gasteiger partial charge in [0.05, 0.1) is 0 Å². The first-order chi connectivity index (χ1) is 13.5. The van der Waals surface area contributed by atoms with Crippen molar-refractivity contribution < 1.29 is 9.59 Å². The van der Waals surface area contributed by atoms with Crippen LogP contribution in [0.2, 0.25) is 0 Å². The van der Waals surface area contributed by atoms with Crippen molar-refractivity contribution in [1.29, 1.82) is 0 Å². The minimum absolute atomic E-state index is 0.0563. The Bertz CT molecular complexity index is 1060. The molecule has 0 unspecified atom stereocenters. The van der Waals surface area contributed by atoms with Gasteiger partial charge in [-0.05, 0) is 61.7 Å². The van der Waals surface area contributed by atoms with Gasteiger partial charge in [-0.15, -0.1) is 0 Å². The van der Waals surface area contributed by atoms with Crippen LogP contribution in [0.3, 0.4) is 0 Å². The van der Waals surface area contributed by atoms with Gasteiger partial charge in [0.15, 0.2) is 0 Å². The van der Waals surface area contributed by atoms with Gasteiger partial charge in [-0.3, -0.25) is 14.6 Å². The molecule has 1 N–H and O–H groups in total. The molecule has 3 aromatic rings. The first-order valence-electron chi connectivity index (χ1n) is 9.26. The quantitative estimate of drug-likeness (QED) is 0.752. The number of hydrogen-bond donors (Lipinski definition) is 1. The third kappa shape index (κ3) is 3.39. The molecule has 0 saturated carbocycles. The highest BCUT2D eigenvalue weighted by Crippen LogP contribution is 2.32. The van der Waals surface area contributed by atoms with Gasteiger partial charge < -0.3 is 10.2 Å². The van der Waals surface area contributed by atoms with E-state index in [2.05, 4.69) is 10.3 Å². The number of amides is 2. The second-order valence-electron chi connectivity index (χ2n) is 7.06. The van der Waals surface area contributed by atoms with Crippen molar-refractivity contribution in [3.63, 3.8) is 0 Å². The Morgan fingerprint density at radius 1 is 1.00 bits per heavy atom. The fraction of sp³-hybridized carbons (Fsp3) is 0.174. The zero-order valence-corrected chi connectivity index (χ0v) is 15.9. The summed E-state index contributed by atoms with van der Waals surface area (Å²) in [5.74, 6) is -0.203. The van der Waals surface area contributed by atoms with E-state index in [1.165, 1.54) is 0 Å². The zero-order chi connectivity index (χ0) is 19.7. The van der Waals surface area contributed by atoms with Crippen molar-refractivity contribution in [2.45, 2.75) is 20.3 Å². The minimum atomic E-state index is -0.147. The lowest BCUT2D eigenvalue weighted by Gasteiger charge is -2.18. The highest BCUT2D eigenvalue weighted by molar-refractivity contribution is 6.09. The summed E-state index contributed by atoms with van der Waals surface area (Å²) < 4.78 is 0. The molecule has 2 aromatic carbocycles. The van der Waals surface area contributed by atoms with Gasteiger partial charge in [0, 0.05) is 41.4 Å². The number of anilines is 2. The van der Waals surface area contributed by atoms with Gasteiger partial charge in [-0.1, -0.05) is 23.8 Å². The highest BCUT2D eigenvalue weighted by atomic mass is 16.2. The van der Waals surface area contributed by atoms with E-state index in [0.717, 1.165) is 28.8 Å². The molecule has 5 nitrogen and oxygen atoms in total. The number of hydrogen-bond acceptors (Lipinski definition) is 3. The lowest BCUT2D eigenvalue weighted by atomic mass is 10.0.